The Kier molecular flexibility index (Phi) is 4.27. The second kappa shape index (κ2) is 6.12. The van der Waals surface area contributed by atoms with Crippen LogP contribution in [0, 0.1) is 0 Å². The Hall–Kier alpha value is -2.47. The minimum atomic E-state index is -1.54. The molecule has 1 aromatic carbocycles. The molecule has 0 saturated carbocycles. The SMILES string of the molecule is O=C(O)C(O)=CC(=O)c1csc(Cc2ccccc2)n1. The van der Waals surface area contributed by atoms with E-state index in [2.05, 4.69) is 4.98 Å². The monoisotopic (exact) mass is 289 g/mol. The normalized spacial score (nSPS) is 11.3. The summed E-state index contributed by atoms with van der Waals surface area (Å²) in [6, 6.07) is 9.67. The number of thiazole rings is 1. The van der Waals surface area contributed by atoms with Crippen molar-refractivity contribution in [2.24, 2.45) is 0 Å². The molecule has 2 N–H and O–H groups in total. The topological polar surface area (TPSA) is 87.5 Å². The second-order valence-corrected chi connectivity index (χ2v) is 4.93. The zero-order valence-corrected chi connectivity index (χ0v) is 11.1. The Balaban J connectivity index is 2.11. The van der Waals surface area contributed by atoms with Gasteiger partial charge in [-0.05, 0) is 5.56 Å². The predicted molar refractivity (Wildman–Crippen MR) is 74.0 cm³/mol. The third-order valence-corrected chi connectivity index (χ3v) is 3.34. The molecule has 20 heavy (non-hydrogen) atoms. The molecule has 6 heteroatoms. The number of ketones is 1. The number of nitrogens with zero attached hydrogens (tertiary/aromatic N) is 1. The number of carboxylic acids is 1. The van der Waals surface area contributed by atoms with Crippen LogP contribution in [0.15, 0.2) is 47.5 Å². The number of rotatable bonds is 5. The summed E-state index contributed by atoms with van der Waals surface area (Å²) in [4.78, 5) is 26.2. The number of allylic oxidation sites excluding steroid dienone is 1. The van der Waals surface area contributed by atoms with E-state index in [4.69, 9.17) is 10.2 Å². The highest BCUT2D eigenvalue weighted by Crippen LogP contribution is 2.15. The van der Waals surface area contributed by atoms with E-state index < -0.39 is 17.5 Å². The number of carbonyl (C=O) groups is 2. The number of benzene rings is 1. The molecule has 0 aliphatic carbocycles. The molecule has 2 rings (SSSR count). The minimum absolute atomic E-state index is 0.133. The van der Waals surface area contributed by atoms with Crippen molar-refractivity contribution >= 4 is 23.1 Å². The van der Waals surface area contributed by atoms with E-state index in [1.54, 1.807) is 5.38 Å². The smallest absolute Gasteiger partial charge is 0.371 e. The fourth-order valence-electron chi connectivity index (χ4n) is 1.54. The first-order chi connectivity index (χ1) is 9.56. The first kappa shape index (κ1) is 14.0. The van der Waals surface area contributed by atoms with Crippen LogP contribution in [0.1, 0.15) is 21.1 Å². The van der Waals surface area contributed by atoms with Gasteiger partial charge in [0.1, 0.15) is 5.69 Å². The summed E-state index contributed by atoms with van der Waals surface area (Å²) in [5.74, 6) is -3.16. The van der Waals surface area contributed by atoms with Gasteiger partial charge in [-0.2, -0.15) is 0 Å². The van der Waals surface area contributed by atoms with Crippen LogP contribution in [0.2, 0.25) is 0 Å². The molecule has 0 unspecified atom stereocenters. The summed E-state index contributed by atoms with van der Waals surface area (Å²) in [6.07, 6.45) is 1.26. The molecule has 0 atom stereocenters. The number of aliphatic hydroxyl groups excluding tert-OH is 1. The number of hydrogen-bond donors (Lipinski definition) is 2. The molecular weight excluding hydrogens is 278 g/mol. The fraction of sp³-hybridized carbons (Fsp3) is 0.0714. The Labute approximate surface area is 118 Å². The van der Waals surface area contributed by atoms with Gasteiger partial charge in [0, 0.05) is 17.9 Å². The average molecular weight is 289 g/mol. The van der Waals surface area contributed by atoms with Gasteiger partial charge < -0.3 is 10.2 Å². The van der Waals surface area contributed by atoms with Crippen molar-refractivity contribution in [2.45, 2.75) is 6.42 Å². The highest BCUT2D eigenvalue weighted by Gasteiger charge is 2.12. The lowest BCUT2D eigenvalue weighted by Gasteiger charge is -1.96. The zero-order chi connectivity index (χ0) is 14.5. The molecule has 5 nitrogen and oxygen atoms in total. The Morgan fingerprint density at radius 2 is 1.90 bits per heavy atom. The van der Waals surface area contributed by atoms with Crippen LogP contribution in [0.5, 0.6) is 0 Å². The third-order valence-electron chi connectivity index (χ3n) is 2.49. The highest BCUT2D eigenvalue weighted by atomic mass is 32.1. The van der Waals surface area contributed by atoms with E-state index in [1.807, 2.05) is 30.3 Å². The largest absolute Gasteiger partial charge is 0.502 e. The molecule has 0 fully saturated rings. The van der Waals surface area contributed by atoms with E-state index in [9.17, 15) is 9.59 Å². The average Bonchev–Trinajstić information content (AvgIpc) is 2.88. The molecule has 0 bridgehead atoms. The van der Waals surface area contributed by atoms with Gasteiger partial charge in [-0.15, -0.1) is 11.3 Å². The van der Waals surface area contributed by atoms with Gasteiger partial charge in [0.05, 0.1) is 5.01 Å². The number of carboxylic acid groups (broad SMARTS) is 1. The molecule has 0 aliphatic rings. The van der Waals surface area contributed by atoms with Gasteiger partial charge in [0.2, 0.25) is 11.5 Å². The summed E-state index contributed by atoms with van der Waals surface area (Å²) < 4.78 is 0. The number of aliphatic hydroxyl groups is 1. The first-order valence-electron chi connectivity index (χ1n) is 5.73. The van der Waals surface area contributed by atoms with E-state index in [1.165, 1.54) is 11.3 Å². The van der Waals surface area contributed by atoms with Crippen LogP contribution >= 0.6 is 11.3 Å². The van der Waals surface area contributed by atoms with E-state index in [-0.39, 0.29) is 5.69 Å². The first-order valence-corrected chi connectivity index (χ1v) is 6.61. The molecular formula is C14H11NO4S. The van der Waals surface area contributed by atoms with Crippen molar-refractivity contribution in [3.05, 3.63) is 63.8 Å². The van der Waals surface area contributed by atoms with Crippen molar-refractivity contribution in [3.63, 3.8) is 0 Å². The van der Waals surface area contributed by atoms with Crippen LogP contribution < -0.4 is 0 Å². The molecule has 102 valence electrons. The van der Waals surface area contributed by atoms with Crippen LogP contribution in [0.4, 0.5) is 0 Å². The third kappa shape index (κ3) is 3.52. The Morgan fingerprint density at radius 3 is 2.55 bits per heavy atom. The van der Waals surface area contributed by atoms with Gasteiger partial charge in [-0.3, -0.25) is 4.79 Å². The van der Waals surface area contributed by atoms with Crippen molar-refractivity contribution in [1.29, 1.82) is 0 Å². The molecule has 1 aromatic heterocycles. The maximum absolute atomic E-state index is 11.7. The van der Waals surface area contributed by atoms with Crippen molar-refractivity contribution < 1.29 is 19.8 Å². The second-order valence-electron chi connectivity index (χ2n) is 3.99. The number of aromatic nitrogens is 1. The van der Waals surface area contributed by atoms with E-state index in [0.717, 1.165) is 10.6 Å². The quantitative estimate of drug-likeness (QED) is 0.501. The molecule has 0 spiro atoms. The summed E-state index contributed by atoms with van der Waals surface area (Å²) in [5.41, 5.74) is 1.21. The van der Waals surface area contributed by atoms with E-state index in [0.29, 0.717) is 12.5 Å². The minimum Gasteiger partial charge on any atom is -0.502 e. The molecule has 0 radical (unpaired) electrons. The maximum Gasteiger partial charge on any atom is 0.371 e. The molecule has 0 aliphatic heterocycles. The zero-order valence-electron chi connectivity index (χ0n) is 10.3. The van der Waals surface area contributed by atoms with Crippen LogP contribution in [0.25, 0.3) is 0 Å². The molecule has 0 saturated heterocycles. The number of carbonyl (C=O) groups excluding carboxylic acids is 1. The fourth-order valence-corrected chi connectivity index (χ4v) is 2.35. The van der Waals surface area contributed by atoms with Crippen LogP contribution in [-0.2, 0) is 11.2 Å². The molecule has 0 amide bonds. The van der Waals surface area contributed by atoms with Crippen molar-refractivity contribution in [1.82, 2.24) is 4.98 Å². The summed E-state index contributed by atoms with van der Waals surface area (Å²) in [5, 5.41) is 19.8. The lowest BCUT2D eigenvalue weighted by atomic mass is 10.2. The van der Waals surface area contributed by atoms with Crippen molar-refractivity contribution in [2.75, 3.05) is 0 Å². The molecule has 1 heterocycles. The van der Waals surface area contributed by atoms with Gasteiger partial charge in [-0.1, -0.05) is 30.3 Å². The maximum atomic E-state index is 11.7. The van der Waals surface area contributed by atoms with Crippen LogP contribution in [0.3, 0.4) is 0 Å². The van der Waals surface area contributed by atoms with Gasteiger partial charge >= 0.3 is 5.97 Å². The van der Waals surface area contributed by atoms with E-state index >= 15 is 0 Å². The summed E-state index contributed by atoms with van der Waals surface area (Å²) in [7, 11) is 0. The lowest BCUT2D eigenvalue weighted by molar-refractivity contribution is -0.135. The number of aliphatic carboxylic acids is 1. The van der Waals surface area contributed by atoms with Crippen molar-refractivity contribution in [3.8, 4) is 0 Å². The predicted octanol–water partition coefficient (Wildman–Crippen LogP) is 2.44. The Morgan fingerprint density at radius 1 is 1.20 bits per heavy atom. The highest BCUT2D eigenvalue weighted by molar-refractivity contribution is 7.09. The van der Waals surface area contributed by atoms with Gasteiger partial charge in [-0.25, -0.2) is 9.78 Å². The Bertz CT molecular complexity index is 661. The molecule has 2 aromatic rings. The van der Waals surface area contributed by atoms with Crippen LogP contribution in [-0.4, -0.2) is 26.9 Å². The summed E-state index contributed by atoms with van der Waals surface area (Å²) in [6.45, 7) is 0. The lowest BCUT2D eigenvalue weighted by Crippen LogP contribution is -2.04. The summed E-state index contributed by atoms with van der Waals surface area (Å²) >= 11 is 1.32. The number of hydrogen-bond acceptors (Lipinski definition) is 5. The van der Waals surface area contributed by atoms with Gasteiger partial charge in [0.25, 0.3) is 0 Å². The standard InChI is InChI=1S/C14H11NO4S/c16-11(7-12(17)14(18)19)10-8-20-13(15-10)6-9-4-2-1-3-5-9/h1-5,7-8,17H,6H2,(H,18,19). The van der Waals surface area contributed by atoms with Gasteiger partial charge in [0.15, 0.2) is 0 Å².